The third-order valence-electron chi connectivity index (χ3n) is 4.41. The van der Waals surface area contributed by atoms with Crippen LogP contribution in [-0.2, 0) is 10.0 Å². The molecule has 0 spiro atoms. The number of ether oxygens (including phenoxy) is 1. The van der Waals surface area contributed by atoms with E-state index in [2.05, 4.69) is 4.74 Å². The molecule has 3 aromatic rings. The summed E-state index contributed by atoms with van der Waals surface area (Å²) in [5.41, 5.74) is 3.88. The molecule has 0 aliphatic heterocycles. The summed E-state index contributed by atoms with van der Waals surface area (Å²) >= 11 is 0. The van der Waals surface area contributed by atoms with Crippen LogP contribution in [0.3, 0.4) is 0 Å². The minimum Gasteiger partial charge on any atom is -0.406 e. The largest absolute Gasteiger partial charge is 0.573 e. The second-order valence-electron chi connectivity index (χ2n) is 6.68. The Labute approximate surface area is 180 Å². The van der Waals surface area contributed by atoms with Crippen LogP contribution >= 0.6 is 0 Å². The van der Waals surface area contributed by atoms with Gasteiger partial charge < -0.3 is 9.30 Å². The van der Waals surface area contributed by atoms with Gasteiger partial charge in [0.15, 0.2) is 0 Å². The molecule has 0 fully saturated rings. The van der Waals surface area contributed by atoms with Crippen LogP contribution < -0.4 is 15.0 Å². The highest BCUT2D eigenvalue weighted by atomic mass is 32.2. The minimum atomic E-state index is -4.99. The molecule has 1 heterocycles. The van der Waals surface area contributed by atoms with Crippen molar-refractivity contribution in [1.29, 1.82) is 0 Å². The average Bonchev–Trinajstić information content (AvgIpc) is 3.00. The SMILES string of the molecule is Cc1cc(C(=O)NNS(=O)(=O)c2cccc(OC(F)(F)F)c2)c(C)n1-c1ccc(F)cc1. The molecule has 0 aliphatic carbocycles. The molecular weight excluding hydrogens is 454 g/mol. The maximum Gasteiger partial charge on any atom is 0.573 e. The molecule has 0 aliphatic rings. The number of hydrazine groups is 1. The molecule has 12 heteroatoms. The summed E-state index contributed by atoms with van der Waals surface area (Å²) in [6.07, 6.45) is -4.99. The summed E-state index contributed by atoms with van der Waals surface area (Å²) in [6, 6.07) is 10.8. The van der Waals surface area contributed by atoms with Gasteiger partial charge in [0.25, 0.3) is 15.9 Å². The molecule has 1 amide bonds. The summed E-state index contributed by atoms with van der Waals surface area (Å²) in [6.45, 7) is 3.33. The number of halogens is 4. The normalized spacial score (nSPS) is 11.9. The topological polar surface area (TPSA) is 89.4 Å². The number of carbonyl (C=O) groups is 1. The van der Waals surface area contributed by atoms with Crippen molar-refractivity contribution in [2.75, 3.05) is 0 Å². The number of aryl methyl sites for hydroxylation is 1. The third-order valence-corrected chi connectivity index (χ3v) is 5.65. The summed E-state index contributed by atoms with van der Waals surface area (Å²) in [7, 11) is -4.39. The van der Waals surface area contributed by atoms with Gasteiger partial charge in [0, 0.05) is 23.1 Å². The van der Waals surface area contributed by atoms with Gasteiger partial charge in [0.2, 0.25) is 0 Å². The second kappa shape index (κ2) is 8.63. The van der Waals surface area contributed by atoms with Crippen molar-refractivity contribution in [2.45, 2.75) is 25.1 Å². The van der Waals surface area contributed by atoms with Crippen molar-refractivity contribution >= 4 is 15.9 Å². The van der Waals surface area contributed by atoms with Crippen LogP contribution in [0.25, 0.3) is 5.69 Å². The van der Waals surface area contributed by atoms with E-state index in [4.69, 9.17) is 0 Å². The summed E-state index contributed by atoms with van der Waals surface area (Å²) in [5.74, 6) is -1.94. The van der Waals surface area contributed by atoms with E-state index < -0.39 is 38.8 Å². The number of sulfonamides is 1. The van der Waals surface area contributed by atoms with Gasteiger partial charge in [-0.25, -0.2) is 12.8 Å². The molecule has 7 nitrogen and oxygen atoms in total. The van der Waals surface area contributed by atoms with E-state index in [0.29, 0.717) is 23.1 Å². The summed E-state index contributed by atoms with van der Waals surface area (Å²) in [4.78, 5) is 13.9. The van der Waals surface area contributed by atoms with Crippen LogP contribution in [0.4, 0.5) is 17.6 Å². The number of benzene rings is 2. The number of nitrogens with zero attached hydrogens (tertiary/aromatic N) is 1. The fourth-order valence-corrected chi connectivity index (χ4v) is 3.93. The number of alkyl halides is 3. The van der Waals surface area contributed by atoms with E-state index in [-0.39, 0.29) is 5.56 Å². The van der Waals surface area contributed by atoms with E-state index in [9.17, 15) is 30.8 Å². The molecule has 0 saturated carbocycles. The Morgan fingerprint density at radius 1 is 1.03 bits per heavy atom. The van der Waals surface area contributed by atoms with Crippen molar-refractivity contribution in [3.63, 3.8) is 0 Å². The van der Waals surface area contributed by atoms with Crippen molar-refractivity contribution in [3.8, 4) is 11.4 Å². The third kappa shape index (κ3) is 5.26. The van der Waals surface area contributed by atoms with Crippen LogP contribution in [-0.4, -0.2) is 25.3 Å². The zero-order chi connectivity index (χ0) is 23.7. The number of aromatic nitrogens is 1. The monoisotopic (exact) mass is 471 g/mol. The molecule has 1 aromatic heterocycles. The lowest BCUT2D eigenvalue weighted by Gasteiger charge is -2.12. The first-order chi connectivity index (χ1) is 14.9. The molecule has 0 atom stereocenters. The number of rotatable bonds is 6. The Kier molecular flexibility index (Phi) is 6.28. The van der Waals surface area contributed by atoms with E-state index in [1.54, 1.807) is 18.4 Å². The Balaban J connectivity index is 1.78. The highest BCUT2D eigenvalue weighted by molar-refractivity contribution is 7.89. The van der Waals surface area contributed by atoms with E-state index in [1.807, 2.05) is 10.3 Å². The van der Waals surface area contributed by atoms with E-state index in [0.717, 1.165) is 18.2 Å². The van der Waals surface area contributed by atoms with Crippen LogP contribution in [0.2, 0.25) is 0 Å². The van der Waals surface area contributed by atoms with Gasteiger partial charge in [-0.1, -0.05) is 6.07 Å². The van der Waals surface area contributed by atoms with Gasteiger partial charge >= 0.3 is 6.36 Å². The lowest BCUT2D eigenvalue weighted by atomic mass is 10.2. The molecule has 32 heavy (non-hydrogen) atoms. The second-order valence-corrected chi connectivity index (χ2v) is 8.36. The number of carbonyl (C=O) groups excluding carboxylic acids is 1. The molecular formula is C20H17F4N3O4S. The van der Waals surface area contributed by atoms with Crippen molar-refractivity contribution < 1.29 is 35.5 Å². The molecule has 0 unspecified atom stereocenters. The average molecular weight is 471 g/mol. The van der Waals surface area contributed by atoms with Gasteiger partial charge in [-0.05, 0) is 56.3 Å². The van der Waals surface area contributed by atoms with Crippen LogP contribution in [0, 0.1) is 19.7 Å². The Morgan fingerprint density at radius 3 is 2.31 bits per heavy atom. The molecule has 0 bridgehead atoms. The standard InChI is InChI=1S/C20H17F4N3O4S/c1-12-10-18(13(2)27(12)15-8-6-14(21)7-9-15)19(28)25-26-32(29,30)17-5-3-4-16(11-17)31-20(22,23)24/h3-11,26H,1-2H3,(H,25,28). The minimum absolute atomic E-state index is 0.142. The summed E-state index contributed by atoms with van der Waals surface area (Å²) in [5, 5.41) is 0. The van der Waals surface area contributed by atoms with Gasteiger partial charge in [0.05, 0.1) is 10.5 Å². The number of hydrogen-bond donors (Lipinski definition) is 2. The Morgan fingerprint density at radius 2 is 1.69 bits per heavy atom. The quantitative estimate of drug-likeness (QED) is 0.423. The molecule has 2 aromatic carbocycles. The molecule has 0 radical (unpaired) electrons. The van der Waals surface area contributed by atoms with Crippen molar-refractivity contribution in [3.05, 3.63) is 77.4 Å². The fourth-order valence-electron chi connectivity index (χ4n) is 3.06. The first kappa shape index (κ1) is 23.3. The van der Waals surface area contributed by atoms with Crippen molar-refractivity contribution in [1.82, 2.24) is 14.8 Å². The van der Waals surface area contributed by atoms with Crippen LogP contribution in [0.5, 0.6) is 5.75 Å². The lowest BCUT2D eigenvalue weighted by molar-refractivity contribution is -0.274. The van der Waals surface area contributed by atoms with E-state index in [1.165, 1.54) is 30.3 Å². The smallest absolute Gasteiger partial charge is 0.406 e. The first-order valence-electron chi connectivity index (χ1n) is 9.00. The fraction of sp³-hybridized carbons (Fsp3) is 0.150. The van der Waals surface area contributed by atoms with Gasteiger partial charge in [-0.3, -0.25) is 10.2 Å². The zero-order valence-electron chi connectivity index (χ0n) is 16.7. The Bertz CT molecular complexity index is 1250. The highest BCUT2D eigenvalue weighted by Gasteiger charge is 2.31. The van der Waals surface area contributed by atoms with Gasteiger partial charge in [-0.2, -0.15) is 0 Å². The number of hydrogen-bond acceptors (Lipinski definition) is 4. The molecule has 0 saturated heterocycles. The highest BCUT2D eigenvalue weighted by Crippen LogP contribution is 2.25. The lowest BCUT2D eigenvalue weighted by Crippen LogP contribution is -2.41. The van der Waals surface area contributed by atoms with Gasteiger partial charge in [0.1, 0.15) is 11.6 Å². The van der Waals surface area contributed by atoms with E-state index >= 15 is 0 Å². The number of nitrogens with one attached hydrogen (secondary N) is 2. The van der Waals surface area contributed by atoms with Crippen LogP contribution in [0.15, 0.2) is 59.5 Å². The molecule has 170 valence electrons. The molecule has 2 N–H and O–H groups in total. The first-order valence-corrected chi connectivity index (χ1v) is 10.5. The van der Waals surface area contributed by atoms with Crippen LogP contribution in [0.1, 0.15) is 21.7 Å². The zero-order valence-corrected chi connectivity index (χ0v) is 17.5. The van der Waals surface area contributed by atoms with Crippen molar-refractivity contribution in [2.24, 2.45) is 0 Å². The Hall–Kier alpha value is -3.38. The number of amides is 1. The van der Waals surface area contributed by atoms with Gasteiger partial charge in [-0.15, -0.1) is 18.0 Å². The predicted octanol–water partition coefficient (Wildman–Crippen LogP) is 3.76. The molecule has 3 rings (SSSR count). The maximum atomic E-state index is 13.2. The predicted molar refractivity (Wildman–Crippen MR) is 106 cm³/mol. The summed E-state index contributed by atoms with van der Waals surface area (Å²) < 4.78 is 80.5. The maximum absolute atomic E-state index is 13.2.